The largest absolute Gasteiger partial charge is 0.452 e. The van der Waals surface area contributed by atoms with Gasteiger partial charge < -0.3 is 9.40 Å². The van der Waals surface area contributed by atoms with Crippen LogP contribution in [-0.2, 0) is 0 Å². The maximum atomic E-state index is 6.05. The molecule has 0 saturated carbocycles. The number of rotatable bonds is 2. The number of hydrogen-bond acceptors (Lipinski definition) is 2. The molecule has 0 aliphatic rings. The van der Waals surface area contributed by atoms with Crippen molar-refractivity contribution in [3.63, 3.8) is 0 Å². The minimum absolute atomic E-state index is 0.409. The topological polar surface area (TPSA) is 41.8 Å². The van der Waals surface area contributed by atoms with E-state index >= 15 is 0 Å². The molecule has 112 valence electrons. The van der Waals surface area contributed by atoms with Gasteiger partial charge in [0, 0.05) is 11.1 Å². The molecule has 3 aromatic heterocycles. The van der Waals surface area contributed by atoms with E-state index in [2.05, 4.69) is 56.9 Å². The Morgan fingerprint density at radius 3 is 2.55 bits per heavy atom. The highest BCUT2D eigenvalue weighted by Gasteiger charge is 2.16. The van der Waals surface area contributed by atoms with Gasteiger partial charge in [0.2, 0.25) is 0 Å². The fraction of sp³-hybridized carbons (Fsp3) is 0.316. The van der Waals surface area contributed by atoms with Crippen molar-refractivity contribution in [3.8, 4) is 0 Å². The quantitative estimate of drug-likeness (QED) is 0.514. The van der Waals surface area contributed by atoms with Crippen molar-refractivity contribution >= 4 is 33.1 Å². The Bertz CT molecular complexity index is 989. The Morgan fingerprint density at radius 1 is 1.00 bits per heavy atom. The van der Waals surface area contributed by atoms with Crippen LogP contribution in [0, 0.1) is 0 Å². The van der Waals surface area contributed by atoms with Crippen molar-refractivity contribution in [1.29, 1.82) is 0 Å². The van der Waals surface area contributed by atoms with Gasteiger partial charge in [-0.3, -0.25) is 0 Å². The van der Waals surface area contributed by atoms with Gasteiger partial charge in [-0.1, -0.05) is 33.8 Å². The Hall–Kier alpha value is -2.29. The van der Waals surface area contributed by atoms with Crippen LogP contribution in [0.4, 0.5) is 0 Å². The zero-order valence-electron chi connectivity index (χ0n) is 13.4. The molecule has 0 bridgehead atoms. The van der Waals surface area contributed by atoms with E-state index < -0.39 is 0 Å². The average Bonchev–Trinajstić information content (AvgIpc) is 3.01. The van der Waals surface area contributed by atoms with Crippen molar-refractivity contribution in [2.75, 3.05) is 0 Å². The first-order chi connectivity index (χ1) is 10.5. The summed E-state index contributed by atoms with van der Waals surface area (Å²) in [6.45, 7) is 8.73. The van der Waals surface area contributed by atoms with Crippen LogP contribution < -0.4 is 0 Å². The lowest BCUT2D eigenvalue weighted by Crippen LogP contribution is -1.91. The van der Waals surface area contributed by atoms with Crippen LogP contribution in [0.2, 0.25) is 0 Å². The molecule has 22 heavy (non-hydrogen) atoms. The van der Waals surface area contributed by atoms with Gasteiger partial charge in [-0.05, 0) is 41.7 Å². The molecule has 3 nitrogen and oxygen atoms in total. The standard InChI is InChI=1S/C19H20N2O/c1-10(2)12-5-6-13-15(9-12)21-18-17-16(22-19(13)18)8-7-14(20-17)11(3)4/h5-11,21H,1-4H3. The second-order valence-electron chi connectivity index (χ2n) is 6.63. The summed E-state index contributed by atoms with van der Waals surface area (Å²) >= 11 is 0. The molecule has 0 fully saturated rings. The van der Waals surface area contributed by atoms with Crippen LogP contribution in [0.3, 0.4) is 0 Å². The molecule has 0 atom stereocenters. The predicted octanol–water partition coefficient (Wildman–Crippen LogP) is 5.71. The van der Waals surface area contributed by atoms with E-state index in [1.54, 1.807) is 0 Å². The highest BCUT2D eigenvalue weighted by Crippen LogP contribution is 2.34. The normalized spacial score (nSPS) is 12.5. The number of aromatic amines is 1. The van der Waals surface area contributed by atoms with Crippen molar-refractivity contribution in [3.05, 3.63) is 41.6 Å². The molecule has 0 radical (unpaired) electrons. The first-order valence-electron chi connectivity index (χ1n) is 7.89. The molecular weight excluding hydrogens is 272 g/mol. The summed E-state index contributed by atoms with van der Waals surface area (Å²) < 4.78 is 6.05. The number of H-pyrrole nitrogens is 1. The highest BCUT2D eigenvalue weighted by molar-refractivity contribution is 6.13. The van der Waals surface area contributed by atoms with Gasteiger partial charge in [0.1, 0.15) is 11.0 Å². The van der Waals surface area contributed by atoms with Gasteiger partial charge in [-0.25, -0.2) is 4.98 Å². The number of fused-ring (bicyclic) bond motifs is 5. The first-order valence-corrected chi connectivity index (χ1v) is 7.89. The molecule has 3 heterocycles. The van der Waals surface area contributed by atoms with Crippen LogP contribution in [-0.4, -0.2) is 9.97 Å². The van der Waals surface area contributed by atoms with Gasteiger partial charge in [-0.15, -0.1) is 0 Å². The van der Waals surface area contributed by atoms with E-state index in [-0.39, 0.29) is 0 Å². The molecule has 4 rings (SSSR count). The molecule has 0 saturated heterocycles. The summed E-state index contributed by atoms with van der Waals surface area (Å²) in [5, 5.41) is 1.13. The fourth-order valence-corrected chi connectivity index (χ4v) is 2.98. The number of nitrogens with zero attached hydrogens (tertiary/aromatic N) is 1. The van der Waals surface area contributed by atoms with E-state index in [1.165, 1.54) is 5.56 Å². The van der Waals surface area contributed by atoms with Gasteiger partial charge in [0.25, 0.3) is 0 Å². The van der Waals surface area contributed by atoms with Crippen LogP contribution in [0.15, 0.2) is 34.7 Å². The van der Waals surface area contributed by atoms with Crippen molar-refractivity contribution in [2.45, 2.75) is 39.5 Å². The lowest BCUT2D eigenvalue weighted by Gasteiger charge is -2.04. The Kier molecular flexibility index (Phi) is 2.80. The zero-order valence-corrected chi connectivity index (χ0v) is 13.4. The monoisotopic (exact) mass is 292 g/mol. The SMILES string of the molecule is CC(C)c1ccc2c(c1)[nH]c1c3nc(C(C)C)ccc3oc21. The maximum Gasteiger partial charge on any atom is 0.162 e. The molecule has 3 heteroatoms. The second-order valence-corrected chi connectivity index (χ2v) is 6.63. The predicted molar refractivity (Wildman–Crippen MR) is 91.5 cm³/mol. The van der Waals surface area contributed by atoms with E-state index in [9.17, 15) is 0 Å². The molecule has 0 spiro atoms. The summed E-state index contributed by atoms with van der Waals surface area (Å²) in [5.74, 6) is 0.924. The highest BCUT2D eigenvalue weighted by atomic mass is 16.3. The van der Waals surface area contributed by atoms with Crippen LogP contribution in [0.5, 0.6) is 0 Å². The first kappa shape index (κ1) is 13.4. The Morgan fingerprint density at radius 2 is 1.82 bits per heavy atom. The fourth-order valence-electron chi connectivity index (χ4n) is 2.98. The van der Waals surface area contributed by atoms with Crippen LogP contribution in [0.25, 0.3) is 33.1 Å². The summed E-state index contributed by atoms with van der Waals surface area (Å²) in [7, 11) is 0. The van der Waals surface area contributed by atoms with Crippen molar-refractivity contribution < 1.29 is 4.42 Å². The number of pyridine rings is 1. The van der Waals surface area contributed by atoms with E-state index in [0.717, 1.165) is 38.8 Å². The third-order valence-corrected chi connectivity index (χ3v) is 4.36. The minimum atomic E-state index is 0.409. The van der Waals surface area contributed by atoms with E-state index in [4.69, 9.17) is 9.40 Å². The average molecular weight is 292 g/mol. The summed E-state index contributed by atoms with van der Waals surface area (Å²) in [5.41, 5.74) is 7.25. The Labute approximate surface area is 129 Å². The minimum Gasteiger partial charge on any atom is -0.452 e. The lowest BCUT2D eigenvalue weighted by molar-refractivity contribution is 0.671. The Balaban J connectivity index is 2.04. The van der Waals surface area contributed by atoms with Crippen LogP contribution in [0.1, 0.15) is 50.8 Å². The zero-order chi connectivity index (χ0) is 15.4. The third kappa shape index (κ3) is 1.85. The van der Waals surface area contributed by atoms with Crippen molar-refractivity contribution in [2.24, 2.45) is 0 Å². The van der Waals surface area contributed by atoms with Crippen LogP contribution >= 0.6 is 0 Å². The molecule has 0 unspecified atom stereocenters. The van der Waals surface area contributed by atoms with Gasteiger partial charge >= 0.3 is 0 Å². The molecule has 4 aromatic rings. The van der Waals surface area contributed by atoms with Gasteiger partial charge in [0.15, 0.2) is 11.2 Å². The number of benzene rings is 1. The number of hydrogen-bond donors (Lipinski definition) is 1. The summed E-state index contributed by atoms with van der Waals surface area (Å²) in [6.07, 6.45) is 0. The maximum absolute atomic E-state index is 6.05. The summed E-state index contributed by atoms with van der Waals surface area (Å²) in [6, 6.07) is 10.6. The number of nitrogens with one attached hydrogen (secondary N) is 1. The molecule has 0 aliphatic heterocycles. The third-order valence-electron chi connectivity index (χ3n) is 4.36. The lowest BCUT2D eigenvalue weighted by atomic mass is 10.0. The van der Waals surface area contributed by atoms with E-state index in [1.807, 2.05) is 6.07 Å². The molecule has 0 aliphatic carbocycles. The smallest absolute Gasteiger partial charge is 0.162 e. The van der Waals surface area contributed by atoms with E-state index in [0.29, 0.717) is 11.8 Å². The van der Waals surface area contributed by atoms with Crippen molar-refractivity contribution in [1.82, 2.24) is 9.97 Å². The number of aromatic nitrogens is 2. The summed E-state index contributed by atoms with van der Waals surface area (Å²) in [4.78, 5) is 8.30. The number of furan rings is 1. The van der Waals surface area contributed by atoms with Gasteiger partial charge in [0.05, 0.1) is 5.52 Å². The molecular formula is C19H20N2O. The second kappa shape index (κ2) is 4.60. The molecule has 1 aromatic carbocycles. The molecule has 1 N–H and O–H groups in total. The van der Waals surface area contributed by atoms with Gasteiger partial charge in [-0.2, -0.15) is 0 Å². The molecule has 0 amide bonds.